The normalized spacial score (nSPS) is 14.1. The molecule has 10 rings (SSSR count). The van der Waals surface area contributed by atoms with Crippen LogP contribution in [0.3, 0.4) is 0 Å². The Morgan fingerprint density at radius 2 is 0.919 bits per heavy atom. The van der Waals surface area contributed by atoms with Gasteiger partial charge in [0.1, 0.15) is 32.4 Å². The zero-order valence-corrected chi connectivity index (χ0v) is 41.2. The highest BCUT2D eigenvalue weighted by atomic mass is 32.1. The Kier molecular flexibility index (Phi) is 13.5. The van der Waals surface area contributed by atoms with Gasteiger partial charge < -0.3 is 40.4 Å². The summed E-state index contributed by atoms with van der Waals surface area (Å²) in [6.07, 6.45) is 3.23. The number of aromatic carboxylic acids is 2. The van der Waals surface area contributed by atoms with Crippen LogP contribution >= 0.6 is 22.7 Å². The van der Waals surface area contributed by atoms with Gasteiger partial charge in [0.15, 0.2) is 23.8 Å². The molecule has 0 spiro atoms. The van der Waals surface area contributed by atoms with Crippen LogP contribution in [-0.2, 0) is 0 Å². The number of para-hydroxylation sites is 2. The largest absolute Gasteiger partial charge is 0.477 e. The minimum Gasteiger partial charge on any atom is -0.477 e. The lowest BCUT2D eigenvalue weighted by Gasteiger charge is -2.37. The molecule has 6 heterocycles. The molecule has 2 fully saturated rings. The Hall–Kier alpha value is -8.38. The van der Waals surface area contributed by atoms with Gasteiger partial charge in [0.05, 0.1) is 53.6 Å². The summed E-state index contributed by atoms with van der Waals surface area (Å²) in [6.45, 7) is 3.90. The number of nitrogens with zero attached hydrogens (tertiary/aromatic N) is 6. The van der Waals surface area contributed by atoms with Gasteiger partial charge in [-0.05, 0) is 61.4 Å². The van der Waals surface area contributed by atoms with Crippen molar-refractivity contribution in [3.8, 4) is 0 Å². The SMILES string of the molecule is N=C(NCCCCCCNC(=N)NC(=N)N1CCN(c2cc3c(cc2F)c(=O)c(C(=O)O)c2sc4ccccc4n23)CC1)NC(=N)N1CCN(c2cc3c(cc2F)c(=O)c(C(=O)O)c2sc4ccccc4n23)CC1. The maximum absolute atomic E-state index is 15.7. The molecule has 0 amide bonds. The molecular formula is C50H50F2N14O6S2. The van der Waals surface area contributed by atoms with Crippen molar-refractivity contribution in [1.29, 1.82) is 21.6 Å². The number of benzene rings is 4. The van der Waals surface area contributed by atoms with Gasteiger partial charge in [0.25, 0.3) is 0 Å². The second kappa shape index (κ2) is 20.3. The van der Waals surface area contributed by atoms with E-state index in [-0.39, 0.29) is 55.6 Å². The number of carboxylic acid groups (broad SMARTS) is 2. The second-order valence-corrected chi connectivity index (χ2v) is 20.1. The van der Waals surface area contributed by atoms with Crippen LogP contribution in [0, 0.1) is 33.3 Å². The van der Waals surface area contributed by atoms with Crippen molar-refractivity contribution in [1.82, 2.24) is 39.9 Å². The Morgan fingerprint density at radius 3 is 1.30 bits per heavy atom. The summed E-state index contributed by atoms with van der Waals surface area (Å²) in [6, 6.07) is 20.1. The molecule has 0 bridgehead atoms. The molecule has 0 unspecified atom stereocenters. The maximum atomic E-state index is 15.7. The van der Waals surface area contributed by atoms with Gasteiger partial charge in [-0.15, -0.1) is 22.7 Å². The summed E-state index contributed by atoms with van der Waals surface area (Å²) in [5, 5.41) is 65.3. The number of hydrogen-bond acceptors (Lipinski definition) is 12. The number of guanidine groups is 4. The minimum absolute atomic E-state index is 0.0217. The van der Waals surface area contributed by atoms with Crippen molar-refractivity contribution in [2.45, 2.75) is 25.7 Å². The number of thiazole rings is 2. The lowest BCUT2D eigenvalue weighted by molar-refractivity contribution is 0.0687. The van der Waals surface area contributed by atoms with E-state index in [1.807, 2.05) is 58.3 Å². The molecule has 2 saturated heterocycles. The second-order valence-electron chi connectivity index (χ2n) is 18.0. The number of fused-ring (bicyclic) bond motifs is 10. The van der Waals surface area contributed by atoms with Crippen molar-refractivity contribution < 1.29 is 28.6 Å². The molecule has 0 aliphatic carbocycles. The first-order valence-electron chi connectivity index (χ1n) is 23.9. The minimum atomic E-state index is -1.37. The number of nitrogens with one attached hydrogen (secondary N) is 8. The van der Waals surface area contributed by atoms with E-state index in [4.69, 9.17) is 21.6 Å². The standard InChI is InChI=1S/C50H50F2N14O6S2/c51-29-23-27-33(65-31-9-3-5-11-37(31)73-43(65)39(41(27)67)45(69)70)25-35(29)61-15-19-63(20-16-61)49(55)59-47(53)57-13-7-1-2-8-14-58-48(54)60-50(56)64-21-17-62(18-22-64)36-26-34-28(24-30(36)52)42(68)40(46(71)72)44-66(34)32-10-4-6-12-38(32)74-44/h3-6,9-12,23-26H,1-2,7-8,13-22H2,(H,69,70)(H,71,72)(H4,53,55,57,59)(H4,54,56,58,60). The lowest BCUT2D eigenvalue weighted by Crippen LogP contribution is -2.55. The molecule has 2 aliphatic heterocycles. The first-order chi connectivity index (χ1) is 35.7. The Bertz CT molecular complexity index is 3520. The van der Waals surface area contributed by atoms with Crippen LogP contribution in [0.2, 0.25) is 0 Å². The molecule has 2 aliphatic rings. The molecule has 0 saturated carbocycles. The van der Waals surface area contributed by atoms with Crippen LogP contribution in [0.25, 0.3) is 51.9 Å². The van der Waals surface area contributed by atoms with E-state index in [9.17, 15) is 29.4 Å². The van der Waals surface area contributed by atoms with Crippen LogP contribution in [0.4, 0.5) is 20.2 Å². The number of carbonyl (C=O) groups is 2. The first kappa shape index (κ1) is 49.2. The molecule has 382 valence electrons. The smallest absolute Gasteiger partial charge is 0.342 e. The zero-order chi connectivity index (χ0) is 51.9. The van der Waals surface area contributed by atoms with E-state index in [1.54, 1.807) is 30.7 Å². The number of pyridine rings is 2. The molecule has 20 nitrogen and oxygen atoms in total. The van der Waals surface area contributed by atoms with E-state index in [2.05, 4.69) is 21.3 Å². The van der Waals surface area contributed by atoms with Crippen molar-refractivity contribution in [2.75, 3.05) is 75.2 Å². The van der Waals surface area contributed by atoms with Gasteiger partial charge in [-0.3, -0.25) is 50.7 Å². The highest BCUT2D eigenvalue weighted by molar-refractivity contribution is 7.24. The maximum Gasteiger partial charge on any atom is 0.342 e. The molecular weight excluding hydrogens is 995 g/mol. The summed E-state index contributed by atoms with van der Waals surface area (Å²) in [7, 11) is 0. The van der Waals surface area contributed by atoms with Crippen LogP contribution in [-0.4, -0.2) is 130 Å². The number of halogens is 2. The average Bonchev–Trinajstić information content (AvgIpc) is 3.96. The van der Waals surface area contributed by atoms with Crippen molar-refractivity contribution >= 4 is 122 Å². The Balaban J connectivity index is 0.630. The van der Waals surface area contributed by atoms with E-state index in [0.29, 0.717) is 87.5 Å². The van der Waals surface area contributed by atoms with Crippen LogP contribution in [0.5, 0.6) is 0 Å². The molecule has 10 N–H and O–H groups in total. The third-order valence-corrected chi connectivity index (χ3v) is 15.8. The number of hydrogen-bond donors (Lipinski definition) is 10. The lowest BCUT2D eigenvalue weighted by atomic mass is 10.1. The summed E-state index contributed by atoms with van der Waals surface area (Å²) < 4.78 is 36.4. The summed E-state index contributed by atoms with van der Waals surface area (Å²) in [4.78, 5) is 58.9. The van der Waals surface area contributed by atoms with E-state index < -0.39 is 45.6 Å². The molecule has 74 heavy (non-hydrogen) atoms. The number of aromatic nitrogens is 2. The highest BCUT2D eigenvalue weighted by Crippen LogP contribution is 2.36. The van der Waals surface area contributed by atoms with Gasteiger partial charge in [0, 0.05) is 65.4 Å². The van der Waals surface area contributed by atoms with Crippen LogP contribution in [0.1, 0.15) is 46.4 Å². The predicted molar refractivity (Wildman–Crippen MR) is 286 cm³/mol. The number of unbranched alkanes of at least 4 members (excludes halogenated alkanes) is 3. The summed E-state index contributed by atoms with van der Waals surface area (Å²) in [5.41, 5.74) is 0.506. The number of anilines is 2. The third kappa shape index (κ3) is 9.21. The van der Waals surface area contributed by atoms with Gasteiger partial charge >= 0.3 is 11.9 Å². The van der Waals surface area contributed by atoms with E-state index >= 15 is 8.78 Å². The fourth-order valence-corrected chi connectivity index (χ4v) is 12.2. The third-order valence-electron chi connectivity index (χ3n) is 13.5. The zero-order valence-electron chi connectivity index (χ0n) is 39.6. The summed E-state index contributed by atoms with van der Waals surface area (Å²) >= 11 is 2.39. The number of rotatable bonds is 11. The molecule has 24 heteroatoms. The number of piperazine rings is 2. The predicted octanol–water partition coefficient (Wildman–Crippen LogP) is 5.92. The fourth-order valence-electron chi connectivity index (χ4n) is 9.80. The quantitative estimate of drug-likeness (QED) is 0.0409. The van der Waals surface area contributed by atoms with Gasteiger partial charge in [-0.2, -0.15) is 0 Å². The summed E-state index contributed by atoms with van der Waals surface area (Å²) in [5.74, 6) is -4.02. The fraction of sp³-hybridized carbons (Fsp3) is 0.280. The Labute approximate surface area is 427 Å². The molecule has 0 radical (unpaired) electrons. The van der Waals surface area contributed by atoms with Crippen molar-refractivity contribution in [3.05, 3.63) is 116 Å². The van der Waals surface area contributed by atoms with E-state index in [0.717, 1.165) is 47.2 Å². The van der Waals surface area contributed by atoms with E-state index in [1.165, 1.54) is 22.7 Å². The molecule has 4 aromatic heterocycles. The van der Waals surface area contributed by atoms with Crippen LogP contribution in [0.15, 0.2) is 82.4 Å². The topological polar surface area (TPSA) is 274 Å². The van der Waals surface area contributed by atoms with Crippen molar-refractivity contribution in [2.24, 2.45) is 0 Å². The monoisotopic (exact) mass is 1040 g/mol. The van der Waals surface area contributed by atoms with Gasteiger partial charge in [-0.1, -0.05) is 37.1 Å². The molecule has 0 atom stereocenters. The average molecular weight is 1050 g/mol. The first-order valence-corrected chi connectivity index (χ1v) is 25.5. The Morgan fingerprint density at radius 1 is 0.541 bits per heavy atom. The van der Waals surface area contributed by atoms with Gasteiger partial charge in [-0.25, -0.2) is 18.4 Å². The number of carboxylic acids is 2. The highest BCUT2D eigenvalue weighted by Gasteiger charge is 2.28. The van der Waals surface area contributed by atoms with Crippen molar-refractivity contribution in [3.63, 3.8) is 0 Å². The van der Waals surface area contributed by atoms with Gasteiger partial charge in [0.2, 0.25) is 10.9 Å². The molecule has 8 aromatic rings. The van der Waals surface area contributed by atoms with Crippen LogP contribution < -0.4 is 41.9 Å². The molecule has 4 aromatic carbocycles.